The Morgan fingerprint density at radius 2 is 1.40 bits per heavy atom. The number of fused-ring (bicyclic) bond motifs is 3. The lowest BCUT2D eigenvalue weighted by Crippen LogP contribution is -1.95. The van der Waals surface area contributed by atoms with Crippen molar-refractivity contribution in [2.24, 2.45) is 0 Å². The van der Waals surface area contributed by atoms with Gasteiger partial charge < -0.3 is 0 Å². The normalized spacial score (nSPS) is 11.8. The number of hydrogen-bond acceptors (Lipinski definition) is 4. The number of nitrogens with zero attached hydrogens (tertiary/aromatic N) is 3. The molecule has 1 aromatic carbocycles. The third-order valence-electron chi connectivity index (χ3n) is 3.09. The minimum absolute atomic E-state index is 0.898. The molecule has 100 valence electrons. The number of aromatic nitrogens is 3. The third-order valence-corrected chi connectivity index (χ3v) is 6.24. The predicted molar refractivity (Wildman–Crippen MR) is 92.3 cm³/mol. The summed E-state index contributed by atoms with van der Waals surface area (Å²) in [6.07, 6.45) is 0. The summed E-state index contributed by atoms with van der Waals surface area (Å²) >= 11 is 10.3. The van der Waals surface area contributed by atoms with Crippen molar-refractivity contribution in [3.63, 3.8) is 0 Å². The second-order valence-corrected chi connectivity index (χ2v) is 8.96. The average Bonchev–Trinajstić information content (AvgIpc) is 3.01. The van der Waals surface area contributed by atoms with Crippen molar-refractivity contribution < 1.29 is 0 Å². The summed E-state index contributed by atoms with van der Waals surface area (Å²) < 4.78 is 6.27. The summed E-state index contributed by atoms with van der Waals surface area (Å²) in [6, 6.07) is 8.43. The van der Waals surface area contributed by atoms with Crippen LogP contribution in [0.3, 0.4) is 0 Å². The fraction of sp³-hybridized carbons (Fsp3) is 0.0769. The third kappa shape index (κ3) is 1.88. The van der Waals surface area contributed by atoms with Crippen LogP contribution < -0.4 is 0 Å². The SMILES string of the molecule is Cc1ccc(-n2c3nc(Br)sc3c3sc(Br)nc32)cc1. The van der Waals surface area contributed by atoms with Gasteiger partial charge in [-0.2, -0.15) is 0 Å². The van der Waals surface area contributed by atoms with Gasteiger partial charge in [0.15, 0.2) is 19.1 Å². The van der Waals surface area contributed by atoms with E-state index in [9.17, 15) is 0 Å². The Kier molecular flexibility index (Phi) is 2.99. The summed E-state index contributed by atoms with van der Waals surface area (Å²) in [5, 5.41) is 0. The van der Waals surface area contributed by atoms with Gasteiger partial charge in [-0.05, 0) is 50.9 Å². The van der Waals surface area contributed by atoms with Crippen LogP contribution in [0.15, 0.2) is 32.1 Å². The highest BCUT2D eigenvalue weighted by Gasteiger charge is 2.19. The summed E-state index contributed by atoms with van der Waals surface area (Å²) in [4.78, 5) is 9.20. The maximum atomic E-state index is 4.60. The van der Waals surface area contributed by atoms with Crippen molar-refractivity contribution in [2.45, 2.75) is 6.92 Å². The van der Waals surface area contributed by atoms with E-state index in [1.54, 1.807) is 22.7 Å². The number of benzene rings is 1. The van der Waals surface area contributed by atoms with Crippen LogP contribution in [0.1, 0.15) is 5.56 Å². The molecule has 0 saturated carbocycles. The maximum Gasteiger partial charge on any atom is 0.162 e. The van der Waals surface area contributed by atoms with Crippen LogP contribution in [0.5, 0.6) is 0 Å². The largest absolute Gasteiger partial charge is 0.276 e. The van der Waals surface area contributed by atoms with Gasteiger partial charge >= 0.3 is 0 Å². The zero-order valence-corrected chi connectivity index (χ0v) is 15.0. The monoisotopic (exact) mass is 427 g/mol. The number of hydrogen-bond donors (Lipinski definition) is 0. The fourth-order valence-corrected chi connectivity index (χ4v) is 5.19. The lowest BCUT2D eigenvalue weighted by molar-refractivity contribution is 1.11. The van der Waals surface area contributed by atoms with E-state index < -0.39 is 0 Å². The van der Waals surface area contributed by atoms with Gasteiger partial charge in [0.1, 0.15) is 0 Å². The molecular weight excluding hydrogens is 422 g/mol. The molecule has 0 spiro atoms. The molecule has 0 N–H and O–H groups in total. The van der Waals surface area contributed by atoms with Gasteiger partial charge in [-0.25, -0.2) is 9.97 Å². The van der Waals surface area contributed by atoms with Crippen molar-refractivity contribution in [1.29, 1.82) is 0 Å². The van der Waals surface area contributed by atoms with Crippen molar-refractivity contribution in [3.05, 3.63) is 37.7 Å². The van der Waals surface area contributed by atoms with Gasteiger partial charge in [-0.3, -0.25) is 4.57 Å². The van der Waals surface area contributed by atoms with Crippen molar-refractivity contribution >= 4 is 75.2 Å². The van der Waals surface area contributed by atoms with E-state index in [0.717, 1.165) is 24.8 Å². The quantitative estimate of drug-likeness (QED) is 0.399. The van der Waals surface area contributed by atoms with Crippen LogP contribution in [0.25, 0.3) is 26.4 Å². The number of thiazole rings is 2. The molecule has 4 aromatic rings. The standard InChI is InChI=1S/C13H7Br2N3S2/c1-6-2-4-7(5-3-6)18-10-8(19-12(14)16-10)9-11(18)17-13(15)20-9/h2-5H,1H3. The first kappa shape index (κ1) is 12.9. The van der Waals surface area contributed by atoms with E-state index in [2.05, 4.69) is 77.6 Å². The molecule has 0 saturated heterocycles. The Labute approximate surface area is 139 Å². The molecular formula is C13H7Br2N3S2. The number of halogens is 2. The highest BCUT2D eigenvalue weighted by Crippen LogP contribution is 2.40. The molecule has 4 rings (SSSR count). The first-order valence-corrected chi connectivity index (χ1v) is 9.05. The summed E-state index contributed by atoms with van der Waals surface area (Å²) in [6.45, 7) is 2.09. The van der Waals surface area contributed by atoms with E-state index >= 15 is 0 Å². The minimum Gasteiger partial charge on any atom is -0.276 e. The highest BCUT2D eigenvalue weighted by atomic mass is 79.9. The maximum absolute atomic E-state index is 4.60. The molecule has 0 fully saturated rings. The smallest absolute Gasteiger partial charge is 0.162 e. The van der Waals surface area contributed by atoms with Gasteiger partial charge in [-0.1, -0.05) is 17.7 Å². The molecule has 3 heterocycles. The molecule has 0 unspecified atom stereocenters. The molecule has 7 heteroatoms. The second-order valence-electron chi connectivity index (χ2n) is 4.41. The molecule has 0 aliphatic rings. The first-order chi connectivity index (χ1) is 9.63. The number of rotatable bonds is 1. The van der Waals surface area contributed by atoms with E-state index in [1.165, 1.54) is 15.0 Å². The van der Waals surface area contributed by atoms with Gasteiger partial charge in [0.25, 0.3) is 0 Å². The summed E-state index contributed by atoms with van der Waals surface area (Å²) in [5.41, 5.74) is 4.26. The molecule has 20 heavy (non-hydrogen) atoms. The minimum atomic E-state index is 0.898. The molecule has 0 bridgehead atoms. The van der Waals surface area contributed by atoms with Crippen LogP contribution in [-0.2, 0) is 0 Å². The summed E-state index contributed by atoms with van der Waals surface area (Å²) in [5.74, 6) is 0. The highest BCUT2D eigenvalue weighted by molar-refractivity contribution is 9.11. The molecule has 0 aliphatic carbocycles. The Morgan fingerprint density at radius 3 is 1.90 bits per heavy atom. The molecule has 3 nitrogen and oxygen atoms in total. The van der Waals surface area contributed by atoms with Gasteiger partial charge in [0, 0.05) is 5.69 Å². The van der Waals surface area contributed by atoms with Crippen molar-refractivity contribution in [1.82, 2.24) is 14.5 Å². The summed E-state index contributed by atoms with van der Waals surface area (Å²) in [7, 11) is 0. The van der Waals surface area contributed by atoms with Gasteiger partial charge in [0.2, 0.25) is 0 Å². The van der Waals surface area contributed by atoms with E-state index in [0.29, 0.717) is 0 Å². The lowest BCUT2D eigenvalue weighted by Gasteiger charge is -2.04. The lowest BCUT2D eigenvalue weighted by atomic mass is 10.2. The predicted octanol–water partition coefficient (Wildman–Crippen LogP) is 5.53. The zero-order valence-electron chi connectivity index (χ0n) is 10.2. The van der Waals surface area contributed by atoms with E-state index in [1.807, 2.05) is 0 Å². The van der Waals surface area contributed by atoms with Crippen LogP contribution >= 0.6 is 54.5 Å². The molecule has 0 aliphatic heterocycles. The van der Waals surface area contributed by atoms with Crippen LogP contribution in [-0.4, -0.2) is 14.5 Å². The van der Waals surface area contributed by atoms with Gasteiger partial charge in [-0.15, -0.1) is 22.7 Å². The zero-order chi connectivity index (χ0) is 13.9. The average molecular weight is 429 g/mol. The second kappa shape index (κ2) is 4.62. The van der Waals surface area contributed by atoms with Gasteiger partial charge in [0.05, 0.1) is 9.40 Å². The van der Waals surface area contributed by atoms with Crippen molar-refractivity contribution in [2.75, 3.05) is 0 Å². The Bertz CT molecular complexity index is 880. The van der Waals surface area contributed by atoms with Crippen LogP contribution in [0.2, 0.25) is 0 Å². The Hall–Kier alpha value is -0.760. The first-order valence-electron chi connectivity index (χ1n) is 5.83. The molecule has 0 atom stereocenters. The fourth-order valence-electron chi connectivity index (χ4n) is 2.21. The van der Waals surface area contributed by atoms with E-state index in [-0.39, 0.29) is 0 Å². The number of aryl methyl sites for hydroxylation is 1. The van der Waals surface area contributed by atoms with Crippen LogP contribution in [0, 0.1) is 6.92 Å². The van der Waals surface area contributed by atoms with E-state index in [4.69, 9.17) is 0 Å². The molecule has 0 amide bonds. The Balaban J connectivity index is 2.15. The van der Waals surface area contributed by atoms with Crippen molar-refractivity contribution in [3.8, 4) is 5.69 Å². The molecule has 0 radical (unpaired) electrons. The topological polar surface area (TPSA) is 30.7 Å². The Morgan fingerprint density at radius 1 is 0.900 bits per heavy atom. The van der Waals surface area contributed by atoms with Crippen LogP contribution in [0.4, 0.5) is 0 Å². The molecule has 3 aromatic heterocycles.